The maximum atomic E-state index is 9.36. The largest absolute Gasteiger partial charge is 1.00 e. The van der Waals surface area contributed by atoms with E-state index in [9.17, 15) is 5.11 Å². The molecule has 3 aromatic rings. The summed E-state index contributed by atoms with van der Waals surface area (Å²) in [6, 6.07) is 13.8. The van der Waals surface area contributed by atoms with Gasteiger partial charge < -0.3 is 29.1 Å². The summed E-state index contributed by atoms with van der Waals surface area (Å²) < 4.78 is 0. The average Bonchev–Trinajstić information content (AvgIpc) is 2.94. The molecule has 21 heavy (non-hydrogen) atoms. The first-order valence-electron chi connectivity index (χ1n) is 6.44. The molecule has 0 radical (unpaired) electrons. The zero-order chi connectivity index (χ0) is 13.7. The van der Waals surface area contributed by atoms with Crippen LogP contribution in [0.25, 0.3) is 22.4 Å². The molecule has 1 heterocycles. The van der Waals surface area contributed by atoms with Crippen molar-refractivity contribution >= 4 is 16.5 Å². The normalized spacial score (nSPS) is 11.6. The van der Waals surface area contributed by atoms with Gasteiger partial charge >= 0.3 is 5.13 Å². The lowest BCUT2D eigenvalue weighted by Crippen LogP contribution is -3.00. The second-order valence-electron chi connectivity index (χ2n) is 4.99. The van der Waals surface area contributed by atoms with Gasteiger partial charge in [0.25, 0.3) is 0 Å². The fourth-order valence-electron chi connectivity index (χ4n) is 2.73. The lowest BCUT2D eigenvalue weighted by molar-refractivity contribution is -0.340. The number of halogens is 1. The number of phenolic OH excluding ortho intramolecular Hbond substituents is 1. The van der Waals surface area contributed by atoms with Crippen molar-refractivity contribution in [2.24, 2.45) is 0 Å². The van der Waals surface area contributed by atoms with E-state index in [1.807, 2.05) is 12.1 Å². The Morgan fingerprint density at radius 1 is 1.05 bits per heavy atom. The highest BCUT2D eigenvalue weighted by Crippen LogP contribution is 2.39. The van der Waals surface area contributed by atoms with Crippen molar-refractivity contribution in [3.63, 3.8) is 0 Å². The van der Waals surface area contributed by atoms with E-state index in [1.54, 1.807) is 23.5 Å². The Bertz CT molecular complexity index is 812. The molecule has 3 nitrogen and oxygen atoms in total. The second-order valence-corrected chi connectivity index (χ2v) is 6.12. The molecule has 0 atom stereocenters. The summed E-state index contributed by atoms with van der Waals surface area (Å²) in [6.07, 6.45) is 0.939. The van der Waals surface area contributed by atoms with Crippen LogP contribution in [0.5, 0.6) is 5.75 Å². The maximum Gasteiger partial charge on any atom is 0.330 e. The fraction of sp³-hybridized carbons (Fsp3) is 0.0625. The number of aromatic hydroxyl groups is 1. The summed E-state index contributed by atoms with van der Waals surface area (Å²) in [5.41, 5.74) is 11.8. The molecule has 0 amide bonds. The zero-order valence-electron chi connectivity index (χ0n) is 11.1. The molecular formula is C16H13IN2OS. The smallest absolute Gasteiger partial charge is 0.330 e. The fourth-order valence-corrected chi connectivity index (χ4v) is 3.64. The number of benzene rings is 2. The van der Waals surface area contributed by atoms with Crippen LogP contribution in [0, 0.1) is 0 Å². The lowest BCUT2D eigenvalue weighted by Gasteiger charge is -2.05. The number of hydrogen-bond donors (Lipinski definition) is 2. The SMILES string of the molecule is Nc1[nH+]c2c(s1)Cc1cc(-c3ccc(O)cc3)ccc1-2.[I-]. The van der Waals surface area contributed by atoms with Gasteiger partial charge in [0.05, 0.1) is 4.88 Å². The van der Waals surface area contributed by atoms with Crippen LogP contribution in [0.2, 0.25) is 0 Å². The van der Waals surface area contributed by atoms with Gasteiger partial charge in [0.15, 0.2) is 0 Å². The Morgan fingerprint density at radius 3 is 2.52 bits per heavy atom. The molecular weight excluding hydrogens is 395 g/mol. The molecule has 4 rings (SSSR count). The minimum atomic E-state index is 0. The van der Waals surface area contributed by atoms with Gasteiger partial charge in [0.1, 0.15) is 11.4 Å². The van der Waals surface area contributed by atoms with Gasteiger partial charge in [0.2, 0.25) is 0 Å². The Labute approximate surface area is 143 Å². The molecule has 0 aliphatic heterocycles. The monoisotopic (exact) mass is 408 g/mol. The van der Waals surface area contributed by atoms with E-state index in [4.69, 9.17) is 5.73 Å². The lowest BCUT2D eigenvalue weighted by atomic mass is 10.00. The second kappa shape index (κ2) is 5.31. The van der Waals surface area contributed by atoms with Crippen LogP contribution in [0.4, 0.5) is 5.13 Å². The van der Waals surface area contributed by atoms with Crippen LogP contribution in [0.1, 0.15) is 10.4 Å². The van der Waals surface area contributed by atoms with Gasteiger partial charge in [-0.2, -0.15) is 0 Å². The Morgan fingerprint density at radius 2 is 1.76 bits per heavy atom. The number of aromatic amines is 1. The number of rotatable bonds is 1. The average molecular weight is 408 g/mol. The minimum Gasteiger partial charge on any atom is -1.00 e. The van der Waals surface area contributed by atoms with Crippen molar-refractivity contribution in [3.05, 3.63) is 52.9 Å². The molecule has 2 aromatic carbocycles. The quantitative estimate of drug-likeness (QED) is 0.439. The third-order valence-corrected chi connectivity index (χ3v) is 4.60. The zero-order valence-corrected chi connectivity index (χ0v) is 14.0. The highest BCUT2D eigenvalue weighted by atomic mass is 127. The van der Waals surface area contributed by atoms with E-state index in [0.717, 1.165) is 17.1 Å². The van der Waals surface area contributed by atoms with Gasteiger partial charge in [-0.1, -0.05) is 35.6 Å². The molecule has 5 heteroatoms. The van der Waals surface area contributed by atoms with Crippen LogP contribution >= 0.6 is 11.3 Å². The molecule has 0 bridgehead atoms. The number of fused-ring (bicyclic) bond motifs is 3. The van der Waals surface area contributed by atoms with E-state index in [0.29, 0.717) is 5.75 Å². The highest BCUT2D eigenvalue weighted by Gasteiger charge is 2.25. The van der Waals surface area contributed by atoms with Crippen LogP contribution in [-0.2, 0) is 6.42 Å². The first-order valence-corrected chi connectivity index (χ1v) is 7.25. The van der Waals surface area contributed by atoms with Crippen molar-refractivity contribution in [1.29, 1.82) is 0 Å². The highest BCUT2D eigenvalue weighted by molar-refractivity contribution is 7.15. The molecule has 0 fully saturated rings. The van der Waals surface area contributed by atoms with E-state index in [1.165, 1.54) is 27.3 Å². The van der Waals surface area contributed by atoms with E-state index < -0.39 is 0 Å². The van der Waals surface area contributed by atoms with E-state index >= 15 is 0 Å². The molecule has 0 saturated heterocycles. The van der Waals surface area contributed by atoms with Gasteiger partial charge in [-0.05, 0) is 34.9 Å². The Kier molecular flexibility index (Phi) is 3.62. The molecule has 0 unspecified atom stereocenters. The molecule has 0 spiro atoms. The molecule has 0 saturated carbocycles. The van der Waals surface area contributed by atoms with Crippen molar-refractivity contribution in [2.45, 2.75) is 6.42 Å². The molecule has 106 valence electrons. The Hall–Kier alpha value is -1.60. The number of nitrogens with two attached hydrogens (primary N) is 1. The van der Waals surface area contributed by atoms with Crippen LogP contribution < -0.4 is 34.7 Å². The van der Waals surface area contributed by atoms with Crippen molar-refractivity contribution < 1.29 is 34.1 Å². The number of nitrogens with one attached hydrogen (secondary N) is 1. The van der Waals surface area contributed by atoms with Crippen LogP contribution in [0.15, 0.2) is 42.5 Å². The molecule has 4 N–H and O–H groups in total. The predicted octanol–water partition coefficient (Wildman–Crippen LogP) is 0.0922. The summed E-state index contributed by atoms with van der Waals surface area (Å²) in [5.74, 6) is 0.294. The maximum absolute atomic E-state index is 9.36. The number of nitrogen functional groups attached to an aromatic ring is 1. The van der Waals surface area contributed by atoms with E-state index in [2.05, 4.69) is 23.2 Å². The standard InChI is InChI=1S/C16H12N2OS.HI/c17-16-18-15-13-6-3-10(7-11(13)8-14(15)20-16)9-1-4-12(19)5-2-9;/h1-7,19H,8H2,(H2,17,18);1H. The Balaban J connectivity index is 0.00000132. The third kappa shape index (κ3) is 2.40. The summed E-state index contributed by atoms with van der Waals surface area (Å²) in [6.45, 7) is 0. The van der Waals surface area contributed by atoms with Gasteiger partial charge in [-0.15, -0.1) is 0 Å². The number of H-pyrrole nitrogens is 1. The van der Waals surface area contributed by atoms with Crippen molar-refractivity contribution in [1.82, 2.24) is 0 Å². The first kappa shape index (κ1) is 14.3. The van der Waals surface area contributed by atoms with Crippen LogP contribution in [0.3, 0.4) is 0 Å². The number of aromatic nitrogens is 1. The van der Waals surface area contributed by atoms with Gasteiger partial charge in [-0.3, -0.25) is 5.73 Å². The first-order chi connectivity index (χ1) is 9.70. The summed E-state index contributed by atoms with van der Waals surface area (Å²) in [4.78, 5) is 4.55. The van der Waals surface area contributed by atoms with Crippen molar-refractivity contribution in [2.75, 3.05) is 5.73 Å². The number of phenols is 1. The topological polar surface area (TPSA) is 60.4 Å². The molecule has 1 aliphatic rings. The predicted molar refractivity (Wildman–Crippen MR) is 80.6 cm³/mol. The molecule has 1 aliphatic carbocycles. The number of hydrogen-bond acceptors (Lipinski definition) is 3. The van der Waals surface area contributed by atoms with Gasteiger partial charge in [-0.25, -0.2) is 4.98 Å². The number of thiazole rings is 1. The minimum absolute atomic E-state index is 0. The number of anilines is 1. The van der Waals surface area contributed by atoms with Gasteiger partial charge in [0, 0.05) is 12.0 Å². The van der Waals surface area contributed by atoms with E-state index in [-0.39, 0.29) is 24.0 Å². The summed E-state index contributed by atoms with van der Waals surface area (Å²) in [7, 11) is 0. The molecule has 1 aromatic heterocycles. The third-order valence-electron chi connectivity index (χ3n) is 3.69. The van der Waals surface area contributed by atoms with Crippen LogP contribution in [-0.4, -0.2) is 5.11 Å². The summed E-state index contributed by atoms with van der Waals surface area (Å²) in [5, 5.41) is 10.1. The summed E-state index contributed by atoms with van der Waals surface area (Å²) >= 11 is 1.63. The van der Waals surface area contributed by atoms with Crippen molar-refractivity contribution in [3.8, 4) is 28.1 Å².